The van der Waals surface area contributed by atoms with Crippen molar-refractivity contribution in [2.75, 3.05) is 0 Å². The van der Waals surface area contributed by atoms with Gasteiger partial charge >= 0.3 is 0 Å². The summed E-state index contributed by atoms with van der Waals surface area (Å²) in [5.41, 5.74) is 3.21. The molecule has 0 aliphatic carbocycles. The van der Waals surface area contributed by atoms with Gasteiger partial charge in [0.2, 0.25) is 0 Å². The summed E-state index contributed by atoms with van der Waals surface area (Å²) in [4.78, 5) is 13.1. The third-order valence-corrected chi connectivity index (χ3v) is 3.79. The minimum Gasteiger partial charge on any atom is -0.374 e. The first-order valence-corrected chi connectivity index (χ1v) is 6.97. The molecule has 0 saturated heterocycles. The van der Waals surface area contributed by atoms with Crippen LogP contribution in [-0.2, 0) is 11.3 Å². The fourth-order valence-electron chi connectivity index (χ4n) is 1.81. The molecule has 1 atom stereocenters. The van der Waals surface area contributed by atoms with E-state index in [1.165, 1.54) is 11.3 Å². The Bertz CT molecular complexity index is 402. The van der Waals surface area contributed by atoms with Gasteiger partial charge in [0.25, 0.3) is 5.91 Å². The van der Waals surface area contributed by atoms with Crippen molar-refractivity contribution in [1.82, 2.24) is 5.43 Å². The lowest BCUT2D eigenvalue weighted by atomic mass is 10.1. The molecule has 1 aromatic rings. The molecular formula is C13H22N2O2S. The van der Waals surface area contributed by atoms with Crippen LogP contribution in [0.3, 0.4) is 0 Å². The molecule has 5 heteroatoms. The maximum absolute atomic E-state index is 11.4. The van der Waals surface area contributed by atoms with Gasteiger partial charge in [0.1, 0.15) is 0 Å². The standard InChI is InChI=1S/C13H22N2O2S/c1-8(2)5-9(3)17-7-11-6-12(13(16)15-14)18-10(11)4/h6,8-9H,5,7,14H2,1-4H3,(H,15,16). The molecule has 0 saturated carbocycles. The van der Waals surface area contributed by atoms with Crippen LogP contribution in [0.15, 0.2) is 6.07 Å². The van der Waals surface area contributed by atoms with Crippen LogP contribution >= 0.6 is 11.3 Å². The van der Waals surface area contributed by atoms with E-state index in [1.54, 1.807) is 0 Å². The third-order valence-electron chi connectivity index (χ3n) is 2.70. The summed E-state index contributed by atoms with van der Waals surface area (Å²) in [6, 6.07) is 1.85. The van der Waals surface area contributed by atoms with Crippen LogP contribution in [0, 0.1) is 12.8 Å². The molecule has 1 heterocycles. The second-order valence-electron chi connectivity index (χ2n) is 4.92. The summed E-state index contributed by atoms with van der Waals surface area (Å²) in [5, 5.41) is 0. The van der Waals surface area contributed by atoms with Crippen LogP contribution in [0.25, 0.3) is 0 Å². The molecule has 0 spiro atoms. The zero-order valence-corrected chi connectivity index (χ0v) is 12.3. The van der Waals surface area contributed by atoms with E-state index < -0.39 is 0 Å². The molecule has 0 aliphatic heterocycles. The van der Waals surface area contributed by atoms with Gasteiger partial charge in [-0.2, -0.15) is 0 Å². The third kappa shape index (κ3) is 4.40. The Hall–Kier alpha value is -0.910. The first-order valence-electron chi connectivity index (χ1n) is 6.15. The SMILES string of the molecule is Cc1sc(C(=O)NN)cc1COC(C)CC(C)C. The monoisotopic (exact) mass is 270 g/mol. The number of nitrogen functional groups attached to an aromatic ring is 1. The molecular weight excluding hydrogens is 248 g/mol. The topological polar surface area (TPSA) is 64.4 Å². The summed E-state index contributed by atoms with van der Waals surface area (Å²) in [5.74, 6) is 5.50. The molecule has 18 heavy (non-hydrogen) atoms. The predicted molar refractivity (Wildman–Crippen MR) is 74.4 cm³/mol. The van der Waals surface area contributed by atoms with Crippen molar-refractivity contribution >= 4 is 17.2 Å². The molecule has 0 aromatic carbocycles. The first-order chi connectivity index (χ1) is 8.43. The Kier molecular flexibility index (Phi) is 5.78. The Morgan fingerprint density at radius 3 is 2.72 bits per heavy atom. The van der Waals surface area contributed by atoms with Gasteiger partial charge < -0.3 is 4.74 Å². The maximum Gasteiger partial charge on any atom is 0.275 e. The molecule has 1 amide bonds. The van der Waals surface area contributed by atoms with Crippen LogP contribution < -0.4 is 11.3 Å². The van der Waals surface area contributed by atoms with E-state index in [0.717, 1.165) is 16.9 Å². The van der Waals surface area contributed by atoms with Crippen LogP contribution in [0.4, 0.5) is 0 Å². The van der Waals surface area contributed by atoms with E-state index in [-0.39, 0.29) is 12.0 Å². The average Bonchev–Trinajstić information content (AvgIpc) is 2.66. The van der Waals surface area contributed by atoms with E-state index in [9.17, 15) is 4.79 Å². The zero-order valence-electron chi connectivity index (χ0n) is 11.4. The molecule has 3 N–H and O–H groups in total. The van der Waals surface area contributed by atoms with Gasteiger partial charge in [-0.15, -0.1) is 11.3 Å². The van der Waals surface area contributed by atoms with Gasteiger partial charge in [-0.05, 0) is 37.8 Å². The number of nitrogens with one attached hydrogen (secondary N) is 1. The lowest BCUT2D eigenvalue weighted by molar-refractivity contribution is 0.0396. The summed E-state index contributed by atoms with van der Waals surface area (Å²) >= 11 is 1.44. The molecule has 4 nitrogen and oxygen atoms in total. The molecule has 0 aliphatic rings. The van der Waals surface area contributed by atoms with Crippen molar-refractivity contribution in [3.05, 3.63) is 21.4 Å². The Labute approximate surface area is 112 Å². The predicted octanol–water partition coefficient (Wildman–Crippen LogP) is 2.61. The largest absolute Gasteiger partial charge is 0.374 e. The number of aryl methyl sites for hydroxylation is 1. The van der Waals surface area contributed by atoms with Crippen molar-refractivity contribution in [2.24, 2.45) is 11.8 Å². The summed E-state index contributed by atoms with van der Waals surface area (Å²) in [6.45, 7) is 8.98. The highest BCUT2D eigenvalue weighted by molar-refractivity contribution is 7.14. The normalized spacial score (nSPS) is 12.8. The summed E-state index contributed by atoms with van der Waals surface area (Å²) in [6.07, 6.45) is 1.27. The number of hydrazine groups is 1. The molecule has 0 radical (unpaired) electrons. The highest BCUT2D eigenvalue weighted by Gasteiger charge is 2.12. The summed E-state index contributed by atoms with van der Waals surface area (Å²) < 4.78 is 5.79. The van der Waals surface area contributed by atoms with Crippen molar-refractivity contribution < 1.29 is 9.53 Å². The fourth-order valence-corrected chi connectivity index (χ4v) is 2.74. The van der Waals surface area contributed by atoms with Gasteiger partial charge in [0, 0.05) is 4.88 Å². The molecule has 0 bridgehead atoms. The van der Waals surface area contributed by atoms with Gasteiger partial charge in [-0.3, -0.25) is 10.2 Å². The van der Waals surface area contributed by atoms with Crippen molar-refractivity contribution in [3.8, 4) is 0 Å². The molecule has 102 valence electrons. The molecule has 0 fully saturated rings. The zero-order chi connectivity index (χ0) is 13.7. The second kappa shape index (κ2) is 6.87. The van der Waals surface area contributed by atoms with Gasteiger partial charge in [0.15, 0.2) is 0 Å². The van der Waals surface area contributed by atoms with E-state index in [0.29, 0.717) is 17.4 Å². The lowest BCUT2D eigenvalue weighted by Gasteiger charge is -2.14. The number of ether oxygens (including phenoxy) is 1. The van der Waals surface area contributed by atoms with Crippen molar-refractivity contribution in [3.63, 3.8) is 0 Å². The van der Waals surface area contributed by atoms with E-state index in [4.69, 9.17) is 10.6 Å². The number of nitrogens with two attached hydrogens (primary N) is 1. The average molecular weight is 270 g/mol. The molecule has 1 aromatic heterocycles. The number of amides is 1. The Morgan fingerprint density at radius 1 is 1.50 bits per heavy atom. The Balaban J connectivity index is 2.57. The second-order valence-corrected chi connectivity index (χ2v) is 6.17. The minimum absolute atomic E-state index is 0.232. The molecule has 1 unspecified atom stereocenters. The number of carbonyl (C=O) groups excluding carboxylic acids is 1. The highest BCUT2D eigenvalue weighted by atomic mass is 32.1. The van der Waals surface area contributed by atoms with E-state index in [1.807, 2.05) is 13.0 Å². The van der Waals surface area contributed by atoms with Crippen LogP contribution in [-0.4, -0.2) is 12.0 Å². The number of thiophene rings is 1. The number of hydrogen-bond donors (Lipinski definition) is 2. The van der Waals surface area contributed by atoms with Gasteiger partial charge in [-0.25, -0.2) is 5.84 Å². The number of carbonyl (C=O) groups is 1. The van der Waals surface area contributed by atoms with Crippen LogP contribution in [0.5, 0.6) is 0 Å². The minimum atomic E-state index is -0.246. The van der Waals surface area contributed by atoms with Crippen molar-refractivity contribution in [2.45, 2.75) is 46.8 Å². The Morgan fingerprint density at radius 2 is 2.17 bits per heavy atom. The van der Waals surface area contributed by atoms with Gasteiger partial charge in [-0.1, -0.05) is 13.8 Å². The first kappa shape index (κ1) is 15.1. The lowest BCUT2D eigenvalue weighted by Crippen LogP contribution is -2.29. The highest BCUT2D eigenvalue weighted by Crippen LogP contribution is 2.23. The van der Waals surface area contributed by atoms with Crippen molar-refractivity contribution in [1.29, 1.82) is 0 Å². The quantitative estimate of drug-likeness (QED) is 0.474. The fraction of sp³-hybridized carbons (Fsp3) is 0.615. The molecule has 1 rings (SSSR count). The maximum atomic E-state index is 11.4. The van der Waals surface area contributed by atoms with Crippen LogP contribution in [0.1, 0.15) is 47.3 Å². The summed E-state index contributed by atoms with van der Waals surface area (Å²) in [7, 11) is 0. The van der Waals surface area contributed by atoms with E-state index in [2.05, 4.69) is 26.2 Å². The van der Waals surface area contributed by atoms with Gasteiger partial charge in [0.05, 0.1) is 17.6 Å². The smallest absolute Gasteiger partial charge is 0.275 e. The van der Waals surface area contributed by atoms with Crippen LogP contribution in [0.2, 0.25) is 0 Å². The number of rotatable bonds is 6. The number of hydrogen-bond acceptors (Lipinski definition) is 4. The van der Waals surface area contributed by atoms with E-state index >= 15 is 0 Å².